The van der Waals surface area contributed by atoms with E-state index in [0.29, 0.717) is 22.7 Å². The highest BCUT2D eigenvalue weighted by Gasteiger charge is 2.33. The third-order valence-electron chi connectivity index (χ3n) is 5.50. The predicted molar refractivity (Wildman–Crippen MR) is 135 cm³/mol. The summed E-state index contributed by atoms with van der Waals surface area (Å²) in [4.78, 5) is 41.2. The number of methoxy groups -OCH3 is 1. The van der Waals surface area contributed by atoms with Crippen LogP contribution >= 0.6 is 0 Å². The summed E-state index contributed by atoms with van der Waals surface area (Å²) < 4.78 is 30.9. The van der Waals surface area contributed by atoms with Gasteiger partial charge < -0.3 is 15.0 Å². The van der Waals surface area contributed by atoms with Crippen molar-refractivity contribution in [3.63, 3.8) is 0 Å². The Bertz CT molecular complexity index is 1250. The number of sulfonamides is 1. The van der Waals surface area contributed by atoms with E-state index >= 15 is 0 Å². The molecule has 1 heterocycles. The highest BCUT2D eigenvalue weighted by molar-refractivity contribution is 7.92. The SMILES string of the molecule is COc1c(C(=O)N(C)c2ccc(NS(C)(=O)=O)cc2)cc(N2C(=O)CCNC2=O)cc1C(C)(C)C. The first kappa shape index (κ1) is 26.0. The fraction of sp³-hybridized carbons (Fsp3) is 0.375. The lowest BCUT2D eigenvalue weighted by Crippen LogP contribution is -2.50. The van der Waals surface area contributed by atoms with Gasteiger partial charge in [-0.2, -0.15) is 0 Å². The number of nitrogens with one attached hydrogen (secondary N) is 2. The van der Waals surface area contributed by atoms with Gasteiger partial charge in [0.1, 0.15) is 5.75 Å². The summed E-state index contributed by atoms with van der Waals surface area (Å²) in [5.74, 6) is -0.444. The summed E-state index contributed by atoms with van der Waals surface area (Å²) in [6.07, 6.45) is 1.20. The van der Waals surface area contributed by atoms with Gasteiger partial charge in [-0.05, 0) is 41.8 Å². The van der Waals surface area contributed by atoms with E-state index in [9.17, 15) is 22.8 Å². The van der Waals surface area contributed by atoms with Gasteiger partial charge in [-0.25, -0.2) is 18.1 Å². The Morgan fingerprint density at radius 1 is 1.14 bits per heavy atom. The van der Waals surface area contributed by atoms with Crippen LogP contribution in [0.3, 0.4) is 0 Å². The molecule has 0 unspecified atom stereocenters. The second kappa shape index (κ2) is 9.57. The first-order valence-corrected chi connectivity index (χ1v) is 12.8. The molecule has 1 fully saturated rings. The number of imide groups is 1. The molecule has 0 bridgehead atoms. The van der Waals surface area contributed by atoms with E-state index in [1.165, 1.54) is 18.1 Å². The van der Waals surface area contributed by atoms with Gasteiger partial charge in [-0.3, -0.25) is 14.3 Å². The van der Waals surface area contributed by atoms with Gasteiger partial charge in [0, 0.05) is 37.0 Å². The van der Waals surface area contributed by atoms with E-state index in [-0.39, 0.29) is 30.1 Å². The minimum atomic E-state index is -3.43. The van der Waals surface area contributed by atoms with Crippen LogP contribution < -0.4 is 24.6 Å². The molecule has 10 nitrogen and oxygen atoms in total. The molecule has 35 heavy (non-hydrogen) atoms. The standard InChI is InChI=1S/C24H30N4O6S/c1-24(2,3)19-14-17(28-20(29)11-12-25-23(28)31)13-18(21(19)34-5)22(30)27(4)16-9-7-15(8-10-16)26-35(6,32)33/h7-10,13-14,26H,11-12H2,1-6H3,(H,25,31). The van der Waals surface area contributed by atoms with Gasteiger partial charge in [0.25, 0.3) is 5.91 Å². The Morgan fingerprint density at radius 2 is 1.77 bits per heavy atom. The molecule has 4 amide bonds. The Hall–Kier alpha value is -3.60. The zero-order valence-electron chi connectivity index (χ0n) is 20.6. The maximum atomic E-state index is 13.6. The molecule has 3 rings (SSSR count). The van der Waals surface area contributed by atoms with Crippen LogP contribution in [-0.4, -0.2) is 53.2 Å². The minimum absolute atomic E-state index is 0.152. The van der Waals surface area contributed by atoms with E-state index in [1.54, 1.807) is 37.4 Å². The van der Waals surface area contributed by atoms with Crippen molar-refractivity contribution in [1.82, 2.24) is 5.32 Å². The number of hydrogen-bond acceptors (Lipinski definition) is 6. The van der Waals surface area contributed by atoms with Gasteiger partial charge in [0.2, 0.25) is 15.9 Å². The number of anilines is 3. The summed E-state index contributed by atoms with van der Waals surface area (Å²) in [5.41, 5.74) is 1.52. The molecular weight excluding hydrogens is 472 g/mol. The summed E-state index contributed by atoms with van der Waals surface area (Å²) in [6, 6.07) is 8.93. The van der Waals surface area contributed by atoms with E-state index in [0.717, 1.165) is 11.2 Å². The van der Waals surface area contributed by atoms with Crippen molar-refractivity contribution < 1.29 is 27.5 Å². The third kappa shape index (κ3) is 5.73. The first-order chi connectivity index (χ1) is 16.2. The van der Waals surface area contributed by atoms with Gasteiger partial charge in [-0.1, -0.05) is 20.8 Å². The molecule has 0 aliphatic carbocycles. The lowest BCUT2D eigenvalue weighted by molar-refractivity contribution is -0.118. The number of carbonyl (C=O) groups is 3. The van der Waals surface area contributed by atoms with Crippen molar-refractivity contribution in [2.24, 2.45) is 0 Å². The fourth-order valence-corrected chi connectivity index (χ4v) is 4.35. The van der Waals surface area contributed by atoms with Gasteiger partial charge in [-0.15, -0.1) is 0 Å². The van der Waals surface area contributed by atoms with E-state index < -0.39 is 27.4 Å². The average molecular weight is 503 g/mol. The van der Waals surface area contributed by atoms with Crippen LogP contribution in [0.5, 0.6) is 5.75 Å². The normalized spacial score (nSPS) is 14.4. The molecule has 2 aromatic rings. The highest BCUT2D eigenvalue weighted by atomic mass is 32.2. The van der Waals surface area contributed by atoms with Crippen LogP contribution in [0.25, 0.3) is 0 Å². The van der Waals surface area contributed by atoms with E-state index in [2.05, 4.69) is 10.0 Å². The zero-order valence-corrected chi connectivity index (χ0v) is 21.4. The van der Waals surface area contributed by atoms with Crippen LogP contribution in [0.1, 0.15) is 43.1 Å². The molecule has 0 saturated carbocycles. The average Bonchev–Trinajstić information content (AvgIpc) is 2.76. The van der Waals surface area contributed by atoms with Crippen molar-refractivity contribution in [3.05, 3.63) is 47.5 Å². The topological polar surface area (TPSA) is 125 Å². The molecule has 0 spiro atoms. The number of benzene rings is 2. The van der Waals surface area contributed by atoms with Gasteiger partial charge >= 0.3 is 6.03 Å². The van der Waals surface area contributed by atoms with Crippen molar-refractivity contribution >= 4 is 44.9 Å². The van der Waals surface area contributed by atoms with Gasteiger partial charge in [0.05, 0.1) is 24.6 Å². The molecule has 0 atom stereocenters. The number of urea groups is 1. The lowest BCUT2D eigenvalue weighted by atomic mass is 9.84. The van der Waals surface area contributed by atoms with Crippen molar-refractivity contribution in [3.8, 4) is 5.75 Å². The molecule has 1 saturated heterocycles. The van der Waals surface area contributed by atoms with Crippen molar-refractivity contribution in [2.75, 3.05) is 41.5 Å². The number of hydrogen-bond donors (Lipinski definition) is 2. The Labute approximate surface area is 205 Å². The largest absolute Gasteiger partial charge is 0.496 e. The van der Waals surface area contributed by atoms with Crippen molar-refractivity contribution in [2.45, 2.75) is 32.6 Å². The number of ether oxygens (including phenoxy) is 1. The second-order valence-electron chi connectivity index (χ2n) is 9.32. The molecule has 2 aromatic carbocycles. The first-order valence-electron chi connectivity index (χ1n) is 10.9. The maximum Gasteiger partial charge on any atom is 0.328 e. The van der Waals surface area contributed by atoms with E-state index in [1.807, 2.05) is 20.8 Å². The molecule has 188 valence electrons. The molecular formula is C24H30N4O6S. The smallest absolute Gasteiger partial charge is 0.328 e. The molecule has 2 N–H and O–H groups in total. The number of carbonyl (C=O) groups excluding carboxylic acids is 3. The molecule has 1 aliphatic heterocycles. The molecule has 0 aromatic heterocycles. The lowest BCUT2D eigenvalue weighted by Gasteiger charge is -2.30. The van der Waals surface area contributed by atoms with Crippen LogP contribution in [-0.2, 0) is 20.2 Å². The fourth-order valence-electron chi connectivity index (χ4n) is 3.79. The summed E-state index contributed by atoms with van der Waals surface area (Å²) >= 11 is 0. The second-order valence-corrected chi connectivity index (χ2v) is 11.1. The maximum absolute atomic E-state index is 13.6. The van der Waals surface area contributed by atoms with Crippen molar-refractivity contribution in [1.29, 1.82) is 0 Å². The number of amides is 4. The molecule has 11 heteroatoms. The highest BCUT2D eigenvalue weighted by Crippen LogP contribution is 2.39. The van der Waals surface area contributed by atoms with Crippen LogP contribution in [0.2, 0.25) is 0 Å². The Morgan fingerprint density at radius 3 is 2.29 bits per heavy atom. The molecule has 1 aliphatic rings. The molecule has 0 radical (unpaired) electrons. The predicted octanol–water partition coefficient (Wildman–Crippen LogP) is 3.09. The van der Waals surface area contributed by atoms with E-state index in [4.69, 9.17) is 4.74 Å². The summed E-state index contributed by atoms with van der Waals surface area (Å²) in [7, 11) is -0.398. The zero-order chi connectivity index (χ0) is 26.1. The Kier molecular flexibility index (Phi) is 7.11. The number of nitrogens with zero attached hydrogens (tertiary/aromatic N) is 2. The minimum Gasteiger partial charge on any atom is -0.496 e. The van der Waals surface area contributed by atoms with Gasteiger partial charge in [0.15, 0.2) is 0 Å². The number of rotatable bonds is 6. The third-order valence-corrected chi connectivity index (χ3v) is 6.11. The van der Waals surface area contributed by atoms with Crippen LogP contribution in [0, 0.1) is 0 Å². The monoisotopic (exact) mass is 502 g/mol. The quantitative estimate of drug-likeness (QED) is 0.625. The summed E-state index contributed by atoms with van der Waals surface area (Å²) in [6.45, 7) is 6.09. The van der Waals surface area contributed by atoms with Crippen LogP contribution in [0.15, 0.2) is 36.4 Å². The van der Waals surface area contributed by atoms with Crippen LogP contribution in [0.4, 0.5) is 21.9 Å². The summed E-state index contributed by atoms with van der Waals surface area (Å²) in [5, 5.41) is 2.66. The Balaban J connectivity index is 2.08.